The van der Waals surface area contributed by atoms with E-state index in [9.17, 15) is 22.0 Å². The predicted octanol–water partition coefficient (Wildman–Crippen LogP) is 5.54. The zero-order valence-corrected chi connectivity index (χ0v) is 22.0. The molecule has 2 heterocycles. The molecule has 1 aromatic carbocycles. The first-order valence-corrected chi connectivity index (χ1v) is 14.0. The topological polar surface area (TPSA) is 85.8 Å². The standard InChI is InChI=1S/C26H34F2N2O5S/c1-5-13-36(32,33)24-8-7-21(18(4)29-24)20-14-22(27)25(23(28)15-20)34-16-19-9-11-30(12-10-19)26(31)35-17(3)6-2/h7-8,14-15,17,19H,5-6,9-13,16H2,1-4H3. The molecular weight excluding hydrogens is 490 g/mol. The average molecular weight is 525 g/mol. The van der Waals surface area contributed by atoms with E-state index in [-0.39, 0.29) is 41.1 Å². The fourth-order valence-corrected chi connectivity index (χ4v) is 5.35. The molecule has 1 aromatic heterocycles. The van der Waals surface area contributed by atoms with Crippen LogP contribution in [0.2, 0.25) is 0 Å². The fourth-order valence-electron chi connectivity index (χ4n) is 4.06. The third-order valence-corrected chi connectivity index (χ3v) is 8.18. The highest BCUT2D eigenvalue weighted by Gasteiger charge is 2.26. The van der Waals surface area contributed by atoms with Crippen LogP contribution in [-0.2, 0) is 14.6 Å². The Morgan fingerprint density at radius 3 is 2.36 bits per heavy atom. The third-order valence-electron chi connectivity index (χ3n) is 6.37. The van der Waals surface area contributed by atoms with E-state index in [1.807, 2.05) is 13.8 Å². The van der Waals surface area contributed by atoms with Crippen LogP contribution in [-0.4, -0.2) is 55.9 Å². The van der Waals surface area contributed by atoms with Crippen molar-refractivity contribution in [3.63, 3.8) is 0 Å². The van der Waals surface area contributed by atoms with E-state index in [0.717, 1.165) is 18.6 Å². The number of benzene rings is 1. The maximum atomic E-state index is 14.8. The number of ether oxygens (including phenoxy) is 2. The Morgan fingerprint density at radius 1 is 1.17 bits per heavy atom. The summed E-state index contributed by atoms with van der Waals surface area (Å²) in [5.74, 6) is -2.11. The second-order valence-electron chi connectivity index (χ2n) is 9.21. The van der Waals surface area contributed by atoms with Crippen molar-refractivity contribution < 1.29 is 31.5 Å². The number of hydrogen-bond acceptors (Lipinski definition) is 6. The number of piperidine rings is 1. The summed E-state index contributed by atoms with van der Waals surface area (Å²) in [5.41, 5.74) is 1.04. The van der Waals surface area contributed by atoms with Gasteiger partial charge in [-0.25, -0.2) is 27.0 Å². The number of amides is 1. The number of hydrogen-bond donors (Lipinski definition) is 0. The van der Waals surface area contributed by atoms with E-state index < -0.39 is 27.2 Å². The second kappa shape index (κ2) is 12.0. The Kier molecular flexibility index (Phi) is 9.27. The number of halogens is 2. The summed E-state index contributed by atoms with van der Waals surface area (Å²) in [6, 6.07) is 5.20. The average Bonchev–Trinajstić information content (AvgIpc) is 2.83. The lowest BCUT2D eigenvalue weighted by Crippen LogP contribution is -2.41. The monoisotopic (exact) mass is 524 g/mol. The SMILES string of the molecule is CCCS(=O)(=O)c1ccc(-c2cc(F)c(OCC3CCN(C(=O)OC(C)CC)CC3)c(F)c2)c(C)n1. The Balaban J connectivity index is 1.64. The molecule has 36 heavy (non-hydrogen) atoms. The summed E-state index contributed by atoms with van der Waals surface area (Å²) in [6.07, 6.45) is 2.03. The van der Waals surface area contributed by atoms with E-state index >= 15 is 0 Å². The second-order valence-corrected chi connectivity index (χ2v) is 11.3. The smallest absolute Gasteiger partial charge is 0.410 e. The van der Waals surface area contributed by atoms with E-state index in [0.29, 0.717) is 43.6 Å². The first-order valence-electron chi connectivity index (χ1n) is 12.3. The van der Waals surface area contributed by atoms with Gasteiger partial charge in [0.15, 0.2) is 32.2 Å². The van der Waals surface area contributed by atoms with Gasteiger partial charge in [0.25, 0.3) is 0 Å². The Morgan fingerprint density at radius 2 is 1.81 bits per heavy atom. The van der Waals surface area contributed by atoms with Crippen LogP contribution in [0.5, 0.6) is 5.75 Å². The van der Waals surface area contributed by atoms with Gasteiger partial charge in [0.05, 0.1) is 12.4 Å². The molecule has 1 amide bonds. The molecule has 0 N–H and O–H groups in total. The minimum Gasteiger partial charge on any atom is -0.487 e. The number of likely N-dealkylation sites (tertiary alicyclic amines) is 1. The minimum atomic E-state index is -3.50. The molecular formula is C26H34F2N2O5S. The summed E-state index contributed by atoms with van der Waals surface area (Å²) in [5, 5.41) is -0.0503. The molecule has 2 aromatic rings. The first kappa shape index (κ1) is 27.8. The van der Waals surface area contributed by atoms with E-state index in [1.165, 1.54) is 12.1 Å². The zero-order chi connectivity index (χ0) is 26.5. The van der Waals surface area contributed by atoms with Gasteiger partial charge in [0, 0.05) is 24.3 Å². The van der Waals surface area contributed by atoms with Crippen molar-refractivity contribution in [3.05, 3.63) is 41.6 Å². The number of carbonyl (C=O) groups excluding carboxylic acids is 1. The number of sulfone groups is 1. The van der Waals surface area contributed by atoms with Crippen molar-refractivity contribution in [2.75, 3.05) is 25.4 Å². The molecule has 1 unspecified atom stereocenters. The van der Waals surface area contributed by atoms with Gasteiger partial charge in [-0.05, 0) is 75.3 Å². The van der Waals surface area contributed by atoms with Crippen LogP contribution >= 0.6 is 0 Å². The number of pyridine rings is 1. The van der Waals surface area contributed by atoms with Crippen molar-refractivity contribution in [1.29, 1.82) is 0 Å². The minimum absolute atomic E-state index is 0.0186. The lowest BCUT2D eigenvalue weighted by Gasteiger charge is -2.32. The summed E-state index contributed by atoms with van der Waals surface area (Å²) < 4.78 is 65.0. The van der Waals surface area contributed by atoms with Gasteiger partial charge in [0.1, 0.15) is 6.10 Å². The lowest BCUT2D eigenvalue weighted by atomic mass is 9.98. The molecule has 0 bridgehead atoms. The van der Waals surface area contributed by atoms with E-state index in [1.54, 1.807) is 18.7 Å². The predicted molar refractivity (Wildman–Crippen MR) is 133 cm³/mol. The normalized spacial score (nSPS) is 15.6. The van der Waals surface area contributed by atoms with Gasteiger partial charge in [-0.3, -0.25) is 0 Å². The maximum absolute atomic E-state index is 14.8. The molecule has 10 heteroatoms. The summed E-state index contributed by atoms with van der Waals surface area (Å²) in [7, 11) is -3.50. The number of rotatable bonds is 9. The van der Waals surface area contributed by atoms with Crippen molar-refractivity contribution in [2.45, 2.75) is 64.5 Å². The molecule has 1 fully saturated rings. The number of carbonyl (C=O) groups is 1. The van der Waals surface area contributed by atoms with Gasteiger partial charge in [0.2, 0.25) is 0 Å². The Hall–Kier alpha value is -2.75. The third kappa shape index (κ3) is 6.72. The van der Waals surface area contributed by atoms with Crippen LogP contribution in [0.3, 0.4) is 0 Å². The molecule has 0 radical (unpaired) electrons. The molecule has 1 atom stereocenters. The molecule has 1 aliphatic heterocycles. The highest BCUT2D eigenvalue weighted by molar-refractivity contribution is 7.91. The van der Waals surface area contributed by atoms with Crippen molar-refractivity contribution >= 4 is 15.9 Å². The van der Waals surface area contributed by atoms with Crippen LogP contribution in [0, 0.1) is 24.5 Å². The van der Waals surface area contributed by atoms with Crippen LogP contribution in [0.25, 0.3) is 11.1 Å². The molecule has 7 nitrogen and oxygen atoms in total. The molecule has 198 valence electrons. The maximum Gasteiger partial charge on any atom is 0.410 e. The molecule has 1 aliphatic rings. The van der Waals surface area contributed by atoms with E-state index in [4.69, 9.17) is 9.47 Å². The molecule has 1 saturated heterocycles. The molecule has 0 aliphatic carbocycles. The van der Waals surface area contributed by atoms with Gasteiger partial charge >= 0.3 is 6.09 Å². The van der Waals surface area contributed by atoms with E-state index in [2.05, 4.69) is 4.98 Å². The van der Waals surface area contributed by atoms with Crippen LogP contribution < -0.4 is 4.74 Å². The van der Waals surface area contributed by atoms with Gasteiger partial charge < -0.3 is 14.4 Å². The highest BCUT2D eigenvalue weighted by Crippen LogP contribution is 2.32. The number of nitrogens with zero attached hydrogens (tertiary/aromatic N) is 2. The summed E-state index contributed by atoms with van der Waals surface area (Å²) >= 11 is 0. The largest absolute Gasteiger partial charge is 0.487 e. The van der Waals surface area contributed by atoms with Crippen molar-refractivity contribution in [3.8, 4) is 16.9 Å². The zero-order valence-electron chi connectivity index (χ0n) is 21.2. The number of aryl methyl sites for hydroxylation is 1. The summed E-state index contributed by atoms with van der Waals surface area (Å²) in [4.78, 5) is 18.0. The molecule has 0 saturated carbocycles. The Bertz CT molecular complexity index is 1160. The highest BCUT2D eigenvalue weighted by atomic mass is 32.2. The molecule has 0 spiro atoms. The van der Waals surface area contributed by atoms with Crippen LogP contribution in [0.15, 0.2) is 29.3 Å². The first-order chi connectivity index (χ1) is 17.1. The quantitative estimate of drug-likeness (QED) is 0.428. The van der Waals surface area contributed by atoms with Crippen LogP contribution in [0.4, 0.5) is 13.6 Å². The fraction of sp³-hybridized carbons (Fsp3) is 0.538. The molecule has 3 rings (SSSR count). The Labute approximate surface area is 211 Å². The number of aromatic nitrogens is 1. The summed E-state index contributed by atoms with van der Waals surface area (Å²) in [6.45, 7) is 8.30. The van der Waals surface area contributed by atoms with Gasteiger partial charge in [-0.15, -0.1) is 0 Å². The van der Waals surface area contributed by atoms with Gasteiger partial charge in [-0.1, -0.05) is 13.8 Å². The van der Waals surface area contributed by atoms with Crippen molar-refractivity contribution in [2.24, 2.45) is 5.92 Å². The van der Waals surface area contributed by atoms with Crippen molar-refractivity contribution in [1.82, 2.24) is 9.88 Å². The van der Waals surface area contributed by atoms with Crippen LogP contribution in [0.1, 0.15) is 52.1 Å². The lowest BCUT2D eigenvalue weighted by molar-refractivity contribution is 0.0537. The van der Waals surface area contributed by atoms with Gasteiger partial charge in [-0.2, -0.15) is 0 Å².